The minimum atomic E-state index is 0.395. The second-order valence-electron chi connectivity index (χ2n) is 5.93. The first-order valence-corrected chi connectivity index (χ1v) is 7.31. The van der Waals surface area contributed by atoms with Crippen molar-refractivity contribution >= 4 is 5.69 Å². The molecule has 1 aromatic carbocycles. The first-order chi connectivity index (χ1) is 9.92. The van der Waals surface area contributed by atoms with Gasteiger partial charge in [0, 0.05) is 23.2 Å². The largest absolute Gasteiger partial charge is 0.380 e. The van der Waals surface area contributed by atoms with Crippen molar-refractivity contribution in [2.24, 2.45) is 5.92 Å². The molecular weight excluding hydrogens is 244 g/mol. The Labute approximate surface area is 118 Å². The number of benzene rings is 1. The third kappa shape index (κ3) is 1.24. The molecule has 2 nitrogen and oxygen atoms in total. The highest BCUT2D eigenvalue weighted by Crippen LogP contribution is 2.47. The fourth-order valence-corrected chi connectivity index (χ4v) is 4.01. The molecule has 1 aromatic rings. The zero-order valence-electron chi connectivity index (χ0n) is 11.1. The molecule has 5 rings (SSSR count). The molecule has 2 heterocycles. The summed E-state index contributed by atoms with van der Waals surface area (Å²) in [4.78, 5) is 0. The molecule has 2 N–H and O–H groups in total. The summed E-state index contributed by atoms with van der Waals surface area (Å²) in [5.74, 6) is 0.943. The molecule has 0 aromatic heterocycles. The van der Waals surface area contributed by atoms with E-state index < -0.39 is 0 Å². The lowest BCUT2D eigenvalue weighted by molar-refractivity contribution is 0.608. The van der Waals surface area contributed by atoms with Crippen LogP contribution in [0.1, 0.15) is 11.5 Å². The van der Waals surface area contributed by atoms with Crippen molar-refractivity contribution in [3.8, 4) is 0 Å². The Kier molecular flexibility index (Phi) is 1.93. The molecule has 2 heteroatoms. The molecule has 4 aliphatic rings. The summed E-state index contributed by atoms with van der Waals surface area (Å²) in [6, 6.07) is 9.52. The predicted molar refractivity (Wildman–Crippen MR) is 81.5 cm³/mol. The van der Waals surface area contributed by atoms with Crippen molar-refractivity contribution in [1.82, 2.24) is 5.32 Å². The predicted octanol–water partition coefficient (Wildman–Crippen LogP) is 3.10. The first kappa shape index (κ1) is 10.6. The van der Waals surface area contributed by atoms with Gasteiger partial charge in [-0.25, -0.2) is 0 Å². The van der Waals surface area contributed by atoms with E-state index in [0.717, 1.165) is 0 Å². The molecule has 20 heavy (non-hydrogen) atoms. The van der Waals surface area contributed by atoms with Gasteiger partial charge in [0.15, 0.2) is 0 Å². The molecule has 0 saturated carbocycles. The maximum absolute atomic E-state index is 3.76. The molecule has 4 atom stereocenters. The lowest BCUT2D eigenvalue weighted by Gasteiger charge is -2.24. The Balaban J connectivity index is 1.65. The van der Waals surface area contributed by atoms with E-state index in [-0.39, 0.29) is 0 Å². The third-order valence-corrected chi connectivity index (χ3v) is 4.90. The Morgan fingerprint density at radius 2 is 1.75 bits per heavy atom. The van der Waals surface area contributed by atoms with E-state index >= 15 is 0 Å². The van der Waals surface area contributed by atoms with Gasteiger partial charge in [0.2, 0.25) is 0 Å². The van der Waals surface area contributed by atoms with Gasteiger partial charge in [-0.2, -0.15) is 0 Å². The Bertz CT molecular complexity index is 708. The van der Waals surface area contributed by atoms with Crippen LogP contribution in [0.3, 0.4) is 0 Å². The van der Waals surface area contributed by atoms with E-state index in [0.29, 0.717) is 23.9 Å². The van der Waals surface area contributed by atoms with Crippen molar-refractivity contribution in [3.05, 3.63) is 77.6 Å². The van der Waals surface area contributed by atoms with Crippen LogP contribution in [-0.2, 0) is 0 Å². The zero-order chi connectivity index (χ0) is 13.1. The number of hydrogen-bond donors (Lipinski definition) is 2. The van der Waals surface area contributed by atoms with Crippen LogP contribution in [0.25, 0.3) is 0 Å². The van der Waals surface area contributed by atoms with E-state index in [1.54, 1.807) is 0 Å². The molecule has 2 aliphatic heterocycles. The van der Waals surface area contributed by atoms with E-state index in [1.807, 2.05) is 0 Å². The number of hydrogen-bond acceptors (Lipinski definition) is 2. The Morgan fingerprint density at radius 1 is 0.850 bits per heavy atom. The Hall–Kier alpha value is -2.22. The molecule has 0 amide bonds. The molecule has 98 valence electrons. The van der Waals surface area contributed by atoms with Crippen LogP contribution < -0.4 is 10.6 Å². The van der Waals surface area contributed by atoms with Crippen LogP contribution in [-0.4, -0.2) is 12.1 Å². The second kappa shape index (κ2) is 3.66. The highest BCUT2D eigenvalue weighted by Gasteiger charge is 2.42. The summed E-state index contributed by atoms with van der Waals surface area (Å²) in [7, 11) is 0. The van der Waals surface area contributed by atoms with Crippen LogP contribution in [0.15, 0.2) is 72.0 Å². The topological polar surface area (TPSA) is 24.1 Å². The summed E-state index contributed by atoms with van der Waals surface area (Å²) in [5.41, 5.74) is 5.59. The SMILES string of the molecule is C1=CC2NC3=C(C=CC4Nc5ccccc5C34)C2C=C1. The summed E-state index contributed by atoms with van der Waals surface area (Å²) in [6.07, 6.45) is 13.6. The van der Waals surface area contributed by atoms with Gasteiger partial charge in [-0.1, -0.05) is 54.7 Å². The van der Waals surface area contributed by atoms with E-state index in [9.17, 15) is 0 Å². The number of nitrogens with one attached hydrogen (secondary N) is 2. The maximum atomic E-state index is 3.76. The van der Waals surface area contributed by atoms with Crippen molar-refractivity contribution < 1.29 is 0 Å². The summed E-state index contributed by atoms with van der Waals surface area (Å²) < 4.78 is 0. The van der Waals surface area contributed by atoms with E-state index in [1.165, 1.54) is 22.5 Å². The van der Waals surface area contributed by atoms with Crippen molar-refractivity contribution in [3.63, 3.8) is 0 Å². The fourth-order valence-electron chi connectivity index (χ4n) is 4.01. The third-order valence-electron chi connectivity index (χ3n) is 4.90. The van der Waals surface area contributed by atoms with Crippen molar-refractivity contribution in [2.45, 2.75) is 18.0 Å². The van der Waals surface area contributed by atoms with Gasteiger partial charge in [0.25, 0.3) is 0 Å². The minimum Gasteiger partial charge on any atom is -0.380 e. The van der Waals surface area contributed by atoms with Crippen LogP contribution in [0.5, 0.6) is 0 Å². The van der Waals surface area contributed by atoms with Crippen molar-refractivity contribution in [2.75, 3.05) is 5.32 Å². The molecule has 0 saturated heterocycles. The number of fused-ring (bicyclic) bond motifs is 6. The number of anilines is 1. The molecule has 0 fully saturated rings. The second-order valence-corrected chi connectivity index (χ2v) is 5.93. The van der Waals surface area contributed by atoms with Gasteiger partial charge in [-0.05, 0) is 17.2 Å². The smallest absolute Gasteiger partial charge is 0.0572 e. The van der Waals surface area contributed by atoms with Gasteiger partial charge in [0.05, 0.1) is 12.1 Å². The summed E-state index contributed by atoms with van der Waals surface area (Å²) in [6.45, 7) is 0. The molecule has 2 aliphatic carbocycles. The molecule has 4 unspecified atom stereocenters. The van der Waals surface area contributed by atoms with Crippen LogP contribution >= 0.6 is 0 Å². The fraction of sp³-hybridized carbons (Fsp3) is 0.222. The highest BCUT2D eigenvalue weighted by molar-refractivity contribution is 5.66. The highest BCUT2D eigenvalue weighted by atomic mass is 15.0. The molecule has 0 radical (unpaired) electrons. The maximum Gasteiger partial charge on any atom is 0.0572 e. The lowest BCUT2D eigenvalue weighted by atomic mass is 9.82. The van der Waals surface area contributed by atoms with E-state index in [4.69, 9.17) is 0 Å². The summed E-state index contributed by atoms with van der Waals surface area (Å²) in [5, 5.41) is 7.39. The van der Waals surface area contributed by atoms with Crippen LogP contribution in [0, 0.1) is 5.92 Å². The van der Waals surface area contributed by atoms with Crippen LogP contribution in [0.2, 0.25) is 0 Å². The quantitative estimate of drug-likeness (QED) is 0.749. The molecule has 0 bridgehead atoms. The number of para-hydroxylation sites is 1. The monoisotopic (exact) mass is 260 g/mol. The molecular formula is C18H16N2. The zero-order valence-corrected chi connectivity index (χ0v) is 11.1. The number of allylic oxidation sites excluding steroid dienone is 3. The van der Waals surface area contributed by atoms with Gasteiger partial charge in [-0.3, -0.25) is 0 Å². The average molecular weight is 260 g/mol. The Morgan fingerprint density at radius 3 is 2.75 bits per heavy atom. The first-order valence-electron chi connectivity index (χ1n) is 7.31. The van der Waals surface area contributed by atoms with Gasteiger partial charge >= 0.3 is 0 Å². The van der Waals surface area contributed by atoms with Crippen molar-refractivity contribution in [1.29, 1.82) is 0 Å². The average Bonchev–Trinajstić information content (AvgIpc) is 3.04. The summed E-state index contributed by atoms with van der Waals surface area (Å²) >= 11 is 0. The van der Waals surface area contributed by atoms with Gasteiger partial charge in [-0.15, -0.1) is 0 Å². The van der Waals surface area contributed by atoms with Crippen LogP contribution in [0.4, 0.5) is 5.69 Å². The van der Waals surface area contributed by atoms with E-state index in [2.05, 4.69) is 71.4 Å². The molecule has 0 spiro atoms. The minimum absolute atomic E-state index is 0.395. The number of rotatable bonds is 0. The van der Waals surface area contributed by atoms with Gasteiger partial charge < -0.3 is 10.6 Å². The normalized spacial score (nSPS) is 35.0. The lowest BCUT2D eigenvalue weighted by Crippen LogP contribution is -2.30. The standard InChI is InChI=1S/C18H16N2/c1-3-7-14-11(5-1)12-9-10-16-17(18(12)20-14)13-6-2-4-8-15(13)19-16/h1-11,14,16-17,19-20H. The van der Waals surface area contributed by atoms with Gasteiger partial charge in [0.1, 0.15) is 0 Å².